The van der Waals surface area contributed by atoms with Gasteiger partial charge in [0.1, 0.15) is 11.6 Å². The third-order valence-corrected chi connectivity index (χ3v) is 2.43. The second-order valence-corrected chi connectivity index (χ2v) is 3.82. The third-order valence-electron chi connectivity index (χ3n) is 2.43. The van der Waals surface area contributed by atoms with Gasteiger partial charge in [-0.05, 0) is 31.2 Å². The number of rotatable bonds is 5. The number of carbonyl (C=O) groups is 1. The quantitative estimate of drug-likeness (QED) is 0.862. The number of nitrogens with zero attached hydrogens (tertiary/aromatic N) is 1. The lowest BCUT2D eigenvalue weighted by atomic mass is 10.2. The average molecular weight is 258 g/mol. The van der Waals surface area contributed by atoms with Crippen LogP contribution in [-0.4, -0.2) is 22.7 Å². The number of nitrogens with one attached hydrogen (secondary N) is 1. The van der Waals surface area contributed by atoms with Crippen LogP contribution in [0.4, 0.5) is 11.5 Å². The maximum Gasteiger partial charge on any atom is 0.337 e. The van der Waals surface area contributed by atoms with E-state index >= 15 is 0 Å². The Bertz CT molecular complexity index is 567. The molecular weight excluding hydrogens is 244 g/mol. The summed E-state index contributed by atoms with van der Waals surface area (Å²) in [5.74, 6) is 0.366. The molecule has 5 heteroatoms. The summed E-state index contributed by atoms with van der Waals surface area (Å²) in [5.41, 5.74) is 0.996. The first-order valence-corrected chi connectivity index (χ1v) is 5.88. The Balaban J connectivity index is 2.12. The molecule has 98 valence electrons. The van der Waals surface area contributed by atoms with Gasteiger partial charge in [0.2, 0.25) is 0 Å². The lowest BCUT2D eigenvalue weighted by Gasteiger charge is -2.08. The number of carboxylic acids is 1. The summed E-state index contributed by atoms with van der Waals surface area (Å²) in [6, 6.07) is 10.6. The van der Waals surface area contributed by atoms with Gasteiger partial charge < -0.3 is 15.2 Å². The minimum Gasteiger partial charge on any atom is -0.494 e. The highest BCUT2D eigenvalue weighted by molar-refractivity contribution is 5.87. The van der Waals surface area contributed by atoms with Crippen LogP contribution in [0.25, 0.3) is 0 Å². The van der Waals surface area contributed by atoms with E-state index in [0.29, 0.717) is 12.4 Å². The van der Waals surface area contributed by atoms with Crippen molar-refractivity contribution in [1.29, 1.82) is 0 Å². The van der Waals surface area contributed by atoms with Crippen LogP contribution in [0, 0.1) is 0 Å². The largest absolute Gasteiger partial charge is 0.494 e. The molecule has 0 atom stereocenters. The van der Waals surface area contributed by atoms with E-state index in [1.165, 1.54) is 12.3 Å². The standard InChI is InChI=1S/C14H14N2O3/c1-2-19-12-5-3-4-11(8-12)16-13-7-6-10(9-15-13)14(17)18/h3-9H,2H2,1H3,(H,15,16)(H,17,18). The molecular formula is C14H14N2O3. The number of aromatic carboxylic acids is 1. The maximum atomic E-state index is 10.7. The van der Waals surface area contributed by atoms with E-state index in [-0.39, 0.29) is 5.56 Å². The Labute approximate surface area is 110 Å². The van der Waals surface area contributed by atoms with Gasteiger partial charge in [0.15, 0.2) is 0 Å². The minimum absolute atomic E-state index is 0.161. The van der Waals surface area contributed by atoms with E-state index in [1.807, 2.05) is 31.2 Å². The summed E-state index contributed by atoms with van der Waals surface area (Å²) in [4.78, 5) is 14.7. The molecule has 1 aromatic heterocycles. The van der Waals surface area contributed by atoms with Crippen LogP contribution in [-0.2, 0) is 0 Å². The molecule has 2 N–H and O–H groups in total. The zero-order valence-electron chi connectivity index (χ0n) is 10.5. The second kappa shape index (κ2) is 5.86. The van der Waals surface area contributed by atoms with E-state index in [1.54, 1.807) is 6.07 Å². The van der Waals surface area contributed by atoms with E-state index < -0.39 is 5.97 Å². The lowest BCUT2D eigenvalue weighted by molar-refractivity contribution is 0.0696. The number of hydrogen-bond acceptors (Lipinski definition) is 4. The lowest BCUT2D eigenvalue weighted by Crippen LogP contribution is -1.99. The molecule has 2 rings (SSSR count). The molecule has 0 saturated carbocycles. The topological polar surface area (TPSA) is 71.5 Å². The van der Waals surface area contributed by atoms with Crippen molar-refractivity contribution in [1.82, 2.24) is 4.98 Å². The molecule has 1 heterocycles. The molecule has 0 radical (unpaired) electrons. The molecule has 0 saturated heterocycles. The molecule has 0 aliphatic rings. The Morgan fingerprint density at radius 2 is 2.21 bits per heavy atom. The molecule has 5 nitrogen and oxygen atoms in total. The van der Waals surface area contributed by atoms with E-state index in [4.69, 9.17) is 9.84 Å². The minimum atomic E-state index is -0.989. The van der Waals surface area contributed by atoms with Crippen molar-refractivity contribution in [2.75, 3.05) is 11.9 Å². The van der Waals surface area contributed by atoms with Crippen LogP contribution in [0.2, 0.25) is 0 Å². The highest BCUT2D eigenvalue weighted by Gasteiger charge is 2.03. The van der Waals surface area contributed by atoms with E-state index in [9.17, 15) is 4.79 Å². The summed E-state index contributed by atoms with van der Waals surface area (Å²) < 4.78 is 5.40. The van der Waals surface area contributed by atoms with Gasteiger partial charge in [-0.3, -0.25) is 0 Å². The van der Waals surface area contributed by atoms with Crippen molar-refractivity contribution in [3.63, 3.8) is 0 Å². The first-order valence-electron chi connectivity index (χ1n) is 5.88. The first kappa shape index (κ1) is 12.9. The Morgan fingerprint density at radius 3 is 2.84 bits per heavy atom. The SMILES string of the molecule is CCOc1cccc(Nc2ccc(C(=O)O)cn2)c1. The van der Waals surface area contributed by atoms with Gasteiger partial charge in [-0.2, -0.15) is 0 Å². The molecule has 0 bridgehead atoms. The Kier molecular flexibility index (Phi) is 3.97. The van der Waals surface area contributed by atoms with Crippen molar-refractivity contribution in [3.8, 4) is 5.75 Å². The van der Waals surface area contributed by atoms with Gasteiger partial charge >= 0.3 is 5.97 Å². The highest BCUT2D eigenvalue weighted by Crippen LogP contribution is 2.20. The van der Waals surface area contributed by atoms with Crippen molar-refractivity contribution in [3.05, 3.63) is 48.2 Å². The fourth-order valence-electron chi connectivity index (χ4n) is 1.57. The molecule has 0 fully saturated rings. The third kappa shape index (κ3) is 3.45. The van der Waals surface area contributed by atoms with Crippen LogP contribution in [0.3, 0.4) is 0 Å². The highest BCUT2D eigenvalue weighted by atomic mass is 16.5. The van der Waals surface area contributed by atoms with Gasteiger partial charge in [0, 0.05) is 18.0 Å². The Hall–Kier alpha value is -2.56. The summed E-state index contributed by atoms with van der Waals surface area (Å²) in [6.07, 6.45) is 1.32. The molecule has 0 aliphatic heterocycles. The Morgan fingerprint density at radius 1 is 1.37 bits per heavy atom. The molecule has 0 amide bonds. The van der Waals surface area contributed by atoms with Crippen LogP contribution >= 0.6 is 0 Å². The fraction of sp³-hybridized carbons (Fsp3) is 0.143. The number of aromatic nitrogens is 1. The van der Waals surface area contributed by atoms with Crippen molar-refractivity contribution in [2.45, 2.75) is 6.92 Å². The summed E-state index contributed by atoms with van der Waals surface area (Å²) >= 11 is 0. The normalized spacial score (nSPS) is 9.95. The zero-order valence-corrected chi connectivity index (χ0v) is 10.5. The molecule has 19 heavy (non-hydrogen) atoms. The number of carboxylic acid groups (broad SMARTS) is 1. The van der Waals surface area contributed by atoms with Crippen LogP contribution in [0.15, 0.2) is 42.6 Å². The van der Waals surface area contributed by atoms with Gasteiger partial charge in [-0.1, -0.05) is 6.07 Å². The zero-order chi connectivity index (χ0) is 13.7. The van der Waals surface area contributed by atoms with E-state index in [2.05, 4.69) is 10.3 Å². The van der Waals surface area contributed by atoms with Crippen LogP contribution in [0.5, 0.6) is 5.75 Å². The number of hydrogen-bond donors (Lipinski definition) is 2. The van der Waals surface area contributed by atoms with Gasteiger partial charge in [0.25, 0.3) is 0 Å². The molecule has 2 aromatic rings. The average Bonchev–Trinajstić information content (AvgIpc) is 2.40. The van der Waals surface area contributed by atoms with Gasteiger partial charge in [-0.15, -0.1) is 0 Å². The molecule has 0 unspecified atom stereocenters. The monoisotopic (exact) mass is 258 g/mol. The number of pyridine rings is 1. The molecule has 1 aromatic carbocycles. The number of anilines is 2. The van der Waals surface area contributed by atoms with Crippen molar-refractivity contribution in [2.24, 2.45) is 0 Å². The fourth-order valence-corrected chi connectivity index (χ4v) is 1.57. The summed E-state index contributed by atoms with van der Waals surface area (Å²) in [5, 5.41) is 11.9. The van der Waals surface area contributed by atoms with Crippen molar-refractivity contribution >= 4 is 17.5 Å². The molecule has 0 spiro atoms. The van der Waals surface area contributed by atoms with Gasteiger partial charge in [-0.25, -0.2) is 9.78 Å². The smallest absolute Gasteiger partial charge is 0.337 e. The number of ether oxygens (including phenoxy) is 1. The van der Waals surface area contributed by atoms with Crippen LogP contribution < -0.4 is 10.1 Å². The predicted molar refractivity (Wildman–Crippen MR) is 72.1 cm³/mol. The van der Waals surface area contributed by atoms with Crippen molar-refractivity contribution < 1.29 is 14.6 Å². The van der Waals surface area contributed by atoms with Crippen LogP contribution in [0.1, 0.15) is 17.3 Å². The number of benzene rings is 1. The van der Waals surface area contributed by atoms with E-state index in [0.717, 1.165) is 11.4 Å². The first-order chi connectivity index (χ1) is 9.19. The predicted octanol–water partition coefficient (Wildman–Crippen LogP) is 2.92. The molecule has 0 aliphatic carbocycles. The summed E-state index contributed by atoms with van der Waals surface area (Å²) in [7, 11) is 0. The second-order valence-electron chi connectivity index (χ2n) is 3.82. The summed E-state index contributed by atoms with van der Waals surface area (Å²) in [6.45, 7) is 2.53. The van der Waals surface area contributed by atoms with Gasteiger partial charge in [0.05, 0.1) is 12.2 Å². The maximum absolute atomic E-state index is 10.7.